The van der Waals surface area contributed by atoms with Gasteiger partial charge in [0.25, 0.3) is 0 Å². The van der Waals surface area contributed by atoms with Crippen LogP contribution >= 0.6 is 0 Å². The number of urea groups is 1. The van der Waals surface area contributed by atoms with E-state index >= 15 is 0 Å². The van der Waals surface area contributed by atoms with E-state index in [-0.39, 0.29) is 23.8 Å². The van der Waals surface area contributed by atoms with Gasteiger partial charge in [-0.1, -0.05) is 0 Å². The monoisotopic (exact) mass is 226 g/mol. The Morgan fingerprint density at radius 2 is 1.81 bits per heavy atom. The fourth-order valence-corrected chi connectivity index (χ4v) is 2.07. The lowest BCUT2D eigenvalue weighted by molar-refractivity contribution is -0.121. The van der Waals surface area contributed by atoms with Gasteiger partial charge in [0.05, 0.1) is 0 Å². The summed E-state index contributed by atoms with van der Waals surface area (Å²) in [6, 6.07) is 0.242. The van der Waals surface area contributed by atoms with E-state index < -0.39 is 0 Å². The Balaban J connectivity index is 2.32. The van der Waals surface area contributed by atoms with E-state index in [2.05, 4.69) is 5.32 Å². The largest absolute Gasteiger partial charge is 0.335 e. The normalized spacial score (nSPS) is 24.9. The standard InChI is InChI=1S/C12H22N2O2/c1-4-14(3)12(16)13-11-7-5-10(6-8-11)9(2)15/h10-11H,4-8H2,1-3H3,(H,13,16). The Morgan fingerprint density at radius 1 is 1.25 bits per heavy atom. The van der Waals surface area contributed by atoms with Gasteiger partial charge >= 0.3 is 6.03 Å². The third-order valence-electron chi connectivity index (χ3n) is 3.45. The molecule has 4 heteroatoms. The molecule has 4 nitrogen and oxygen atoms in total. The molecule has 1 aliphatic carbocycles. The van der Waals surface area contributed by atoms with Crippen molar-refractivity contribution in [2.45, 2.75) is 45.6 Å². The van der Waals surface area contributed by atoms with Crippen molar-refractivity contribution in [3.63, 3.8) is 0 Å². The first kappa shape index (κ1) is 13.0. The maximum absolute atomic E-state index is 11.6. The van der Waals surface area contributed by atoms with Gasteiger partial charge in [-0.2, -0.15) is 0 Å². The van der Waals surface area contributed by atoms with Gasteiger partial charge in [0.1, 0.15) is 5.78 Å². The molecule has 0 spiro atoms. The van der Waals surface area contributed by atoms with Crippen molar-refractivity contribution < 1.29 is 9.59 Å². The molecule has 1 rings (SSSR count). The van der Waals surface area contributed by atoms with Crippen molar-refractivity contribution in [1.82, 2.24) is 10.2 Å². The minimum absolute atomic E-state index is 0.00576. The van der Waals surface area contributed by atoms with Crippen LogP contribution in [0.25, 0.3) is 0 Å². The van der Waals surface area contributed by atoms with Crippen molar-refractivity contribution in [3.8, 4) is 0 Å². The van der Waals surface area contributed by atoms with Gasteiger partial charge in [-0.3, -0.25) is 4.79 Å². The summed E-state index contributed by atoms with van der Waals surface area (Å²) >= 11 is 0. The molecule has 92 valence electrons. The number of hydrogen-bond acceptors (Lipinski definition) is 2. The second-order valence-corrected chi connectivity index (χ2v) is 4.62. The maximum atomic E-state index is 11.6. The quantitative estimate of drug-likeness (QED) is 0.797. The lowest BCUT2D eigenvalue weighted by atomic mass is 9.84. The molecule has 0 aromatic heterocycles. The van der Waals surface area contributed by atoms with Crippen LogP contribution in [0.4, 0.5) is 4.79 Å². The molecule has 0 atom stereocenters. The van der Waals surface area contributed by atoms with Gasteiger partial charge in [-0.05, 0) is 39.5 Å². The zero-order valence-corrected chi connectivity index (χ0v) is 10.5. The van der Waals surface area contributed by atoms with E-state index in [0.29, 0.717) is 6.54 Å². The third kappa shape index (κ3) is 3.51. The van der Waals surface area contributed by atoms with Gasteiger partial charge in [-0.15, -0.1) is 0 Å². The molecule has 0 aromatic carbocycles. The van der Waals surface area contributed by atoms with Crippen LogP contribution in [0.15, 0.2) is 0 Å². The van der Waals surface area contributed by atoms with Crippen LogP contribution in [-0.2, 0) is 4.79 Å². The Bertz CT molecular complexity index is 258. The number of nitrogens with one attached hydrogen (secondary N) is 1. The summed E-state index contributed by atoms with van der Waals surface area (Å²) in [7, 11) is 1.79. The van der Waals surface area contributed by atoms with Crippen molar-refractivity contribution in [3.05, 3.63) is 0 Å². The third-order valence-corrected chi connectivity index (χ3v) is 3.45. The van der Waals surface area contributed by atoms with E-state index in [1.165, 1.54) is 0 Å². The molecule has 0 aromatic rings. The lowest BCUT2D eigenvalue weighted by Gasteiger charge is -2.29. The van der Waals surface area contributed by atoms with E-state index in [4.69, 9.17) is 0 Å². The molecule has 0 unspecified atom stereocenters. The SMILES string of the molecule is CCN(C)C(=O)NC1CCC(C(C)=O)CC1. The van der Waals surface area contributed by atoms with Crippen LogP contribution in [0.5, 0.6) is 0 Å². The van der Waals surface area contributed by atoms with Crippen molar-refractivity contribution in [1.29, 1.82) is 0 Å². The highest BCUT2D eigenvalue weighted by atomic mass is 16.2. The van der Waals surface area contributed by atoms with E-state index in [1.807, 2.05) is 6.92 Å². The Hall–Kier alpha value is -1.06. The first-order valence-corrected chi connectivity index (χ1v) is 6.06. The first-order chi connectivity index (χ1) is 7.54. The first-order valence-electron chi connectivity index (χ1n) is 6.06. The van der Waals surface area contributed by atoms with Crippen LogP contribution in [-0.4, -0.2) is 36.3 Å². The number of Topliss-reactive ketones (excluding diaryl/α,β-unsaturated/α-hetero) is 1. The van der Waals surface area contributed by atoms with Crippen molar-refractivity contribution >= 4 is 11.8 Å². The number of rotatable bonds is 3. The van der Waals surface area contributed by atoms with Crippen molar-refractivity contribution in [2.24, 2.45) is 5.92 Å². The van der Waals surface area contributed by atoms with Gasteiger partial charge < -0.3 is 10.2 Å². The zero-order valence-electron chi connectivity index (χ0n) is 10.5. The molecule has 1 fully saturated rings. The maximum Gasteiger partial charge on any atom is 0.317 e. The average molecular weight is 226 g/mol. The fourth-order valence-electron chi connectivity index (χ4n) is 2.07. The highest BCUT2D eigenvalue weighted by Gasteiger charge is 2.25. The molecule has 1 N–H and O–H groups in total. The van der Waals surface area contributed by atoms with Crippen LogP contribution in [0.3, 0.4) is 0 Å². The van der Waals surface area contributed by atoms with Crippen LogP contribution in [0, 0.1) is 5.92 Å². The summed E-state index contributed by atoms with van der Waals surface area (Å²) in [5.41, 5.74) is 0. The molecule has 0 aliphatic heterocycles. The molecular formula is C12H22N2O2. The van der Waals surface area contributed by atoms with Gasteiger partial charge in [0, 0.05) is 25.6 Å². The number of hydrogen-bond donors (Lipinski definition) is 1. The summed E-state index contributed by atoms with van der Waals surface area (Å²) < 4.78 is 0. The summed E-state index contributed by atoms with van der Waals surface area (Å²) in [6.07, 6.45) is 3.67. The van der Waals surface area contributed by atoms with Gasteiger partial charge in [-0.25, -0.2) is 4.79 Å². The van der Waals surface area contributed by atoms with Crippen LogP contribution in [0.2, 0.25) is 0 Å². The Morgan fingerprint density at radius 3 is 2.25 bits per heavy atom. The van der Waals surface area contributed by atoms with Crippen LogP contribution in [0.1, 0.15) is 39.5 Å². The average Bonchev–Trinajstić information content (AvgIpc) is 2.28. The summed E-state index contributed by atoms with van der Waals surface area (Å²) in [5.74, 6) is 0.507. The molecule has 16 heavy (non-hydrogen) atoms. The summed E-state index contributed by atoms with van der Waals surface area (Å²) in [4.78, 5) is 24.5. The van der Waals surface area contributed by atoms with Crippen molar-refractivity contribution in [2.75, 3.05) is 13.6 Å². The smallest absolute Gasteiger partial charge is 0.317 e. The van der Waals surface area contributed by atoms with Crippen LogP contribution < -0.4 is 5.32 Å². The molecule has 1 saturated carbocycles. The Labute approximate surface area is 97.4 Å². The van der Waals surface area contributed by atoms with Gasteiger partial charge in [0.2, 0.25) is 0 Å². The summed E-state index contributed by atoms with van der Waals surface area (Å²) in [5, 5.41) is 3.00. The second-order valence-electron chi connectivity index (χ2n) is 4.62. The predicted octanol–water partition coefficient (Wildman–Crippen LogP) is 1.80. The molecule has 0 bridgehead atoms. The number of carbonyl (C=O) groups excluding carboxylic acids is 2. The predicted molar refractivity (Wildman–Crippen MR) is 63.3 cm³/mol. The molecule has 1 aliphatic rings. The highest BCUT2D eigenvalue weighted by Crippen LogP contribution is 2.24. The number of ketones is 1. The molecule has 0 saturated heterocycles. The fraction of sp³-hybridized carbons (Fsp3) is 0.833. The second kappa shape index (κ2) is 5.87. The number of nitrogens with zero attached hydrogens (tertiary/aromatic N) is 1. The minimum Gasteiger partial charge on any atom is -0.335 e. The van der Waals surface area contributed by atoms with E-state index in [1.54, 1.807) is 18.9 Å². The lowest BCUT2D eigenvalue weighted by Crippen LogP contribution is -2.44. The Kier molecular flexibility index (Phi) is 4.77. The zero-order chi connectivity index (χ0) is 12.1. The molecule has 0 heterocycles. The molecule has 0 radical (unpaired) electrons. The molecule has 2 amide bonds. The van der Waals surface area contributed by atoms with Gasteiger partial charge in [0.15, 0.2) is 0 Å². The number of carbonyl (C=O) groups is 2. The molecular weight excluding hydrogens is 204 g/mol. The number of amides is 2. The minimum atomic E-state index is -0.00576. The van der Waals surface area contributed by atoms with E-state index in [0.717, 1.165) is 25.7 Å². The topological polar surface area (TPSA) is 49.4 Å². The van der Waals surface area contributed by atoms with E-state index in [9.17, 15) is 9.59 Å². The highest BCUT2D eigenvalue weighted by molar-refractivity contribution is 5.78. The summed E-state index contributed by atoms with van der Waals surface area (Å²) in [6.45, 7) is 4.33.